The molecule has 6 heteroatoms. The minimum atomic E-state index is -1.04. The minimum Gasteiger partial charge on any atom is -0.491 e. The molecular formula is C32H43NO5. The van der Waals surface area contributed by atoms with Gasteiger partial charge in [0.1, 0.15) is 18.5 Å². The zero-order valence-electron chi connectivity index (χ0n) is 23.5. The Balaban J connectivity index is 1.71. The quantitative estimate of drug-likeness (QED) is 0.173. The van der Waals surface area contributed by atoms with Crippen LogP contribution in [0, 0.1) is 0 Å². The van der Waals surface area contributed by atoms with Crippen LogP contribution < -0.4 is 4.74 Å². The van der Waals surface area contributed by atoms with Crippen molar-refractivity contribution in [3.63, 3.8) is 0 Å². The molecule has 0 amide bonds. The number of ketones is 1. The number of carboxylic acids is 1. The molecule has 0 saturated carbocycles. The van der Waals surface area contributed by atoms with Crippen LogP contribution in [0.2, 0.25) is 0 Å². The molecule has 0 spiro atoms. The number of rotatable bonds is 14. The Hall–Kier alpha value is -3.12. The summed E-state index contributed by atoms with van der Waals surface area (Å²) in [5.41, 5.74) is 3.02. The van der Waals surface area contributed by atoms with Gasteiger partial charge in [-0.25, -0.2) is 4.79 Å². The van der Waals surface area contributed by atoms with Crippen molar-refractivity contribution in [2.45, 2.75) is 97.6 Å². The van der Waals surface area contributed by atoms with Crippen LogP contribution in [0.15, 0.2) is 42.5 Å². The summed E-state index contributed by atoms with van der Waals surface area (Å²) in [5.74, 6) is -0.467. The summed E-state index contributed by atoms with van der Waals surface area (Å²) >= 11 is 0. The van der Waals surface area contributed by atoms with E-state index in [2.05, 4.69) is 19.1 Å². The van der Waals surface area contributed by atoms with Gasteiger partial charge in [0.2, 0.25) is 0 Å². The molecule has 0 saturated heterocycles. The molecule has 1 heterocycles. The monoisotopic (exact) mass is 521 g/mol. The third kappa shape index (κ3) is 7.47. The number of aromatic nitrogens is 1. The topological polar surface area (TPSA) is 88.8 Å². The summed E-state index contributed by atoms with van der Waals surface area (Å²) in [6.45, 7) is 10.1. The van der Waals surface area contributed by atoms with E-state index in [0.29, 0.717) is 16.7 Å². The maximum absolute atomic E-state index is 12.7. The van der Waals surface area contributed by atoms with E-state index in [9.17, 15) is 19.8 Å². The number of carbonyl (C=O) groups excluding carboxylic acids is 1. The summed E-state index contributed by atoms with van der Waals surface area (Å²) in [6.07, 6.45) is 7.90. The van der Waals surface area contributed by atoms with Crippen LogP contribution >= 0.6 is 0 Å². The second kappa shape index (κ2) is 13.1. The van der Waals surface area contributed by atoms with Crippen LogP contribution in [0.1, 0.15) is 105 Å². The predicted molar refractivity (Wildman–Crippen MR) is 153 cm³/mol. The number of benzene rings is 2. The molecular weight excluding hydrogens is 478 g/mol. The van der Waals surface area contributed by atoms with Crippen molar-refractivity contribution in [1.29, 1.82) is 0 Å². The average molecular weight is 522 g/mol. The van der Waals surface area contributed by atoms with Crippen molar-refractivity contribution in [1.82, 2.24) is 4.57 Å². The van der Waals surface area contributed by atoms with Crippen molar-refractivity contribution in [2.75, 3.05) is 6.61 Å². The fourth-order valence-corrected chi connectivity index (χ4v) is 5.13. The smallest absolute Gasteiger partial charge is 0.335 e. The molecule has 0 radical (unpaired) electrons. The van der Waals surface area contributed by atoms with E-state index in [1.54, 1.807) is 12.1 Å². The number of carboxylic acid groups (broad SMARTS) is 1. The molecule has 6 nitrogen and oxygen atoms in total. The third-order valence-corrected chi connectivity index (χ3v) is 6.95. The first-order valence-corrected chi connectivity index (χ1v) is 13.8. The molecule has 0 fully saturated rings. The fraction of sp³-hybridized carbons (Fsp3) is 0.500. The zero-order chi connectivity index (χ0) is 27.9. The lowest BCUT2D eigenvalue weighted by atomic mass is 9.87. The Morgan fingerprint density at radius 1 is 0.974 bits per heavy atom. The fourth-order valence-electron chi connectivity index (χ4n) is 5.13. The highest BCUT2D eigenvalue weighted by atomic mass is 16.5. The summed E-state index contributed by atoms with van der Waals surface area (Å²) in [7, 11) is 0. The zero-order valence-corrected chi connectivity index (χ0v) is 23.5. The van der Waals surface area contributed by atoms with E-state index in [4.69, 9.17) is 4.74 Å². The molecule has 0 aliphatic heterocycles. The van der Waals surface area contributed by atoms with Crippen LogP contribution in [0.25, 0.3) is 10.9 Å². The van der Waals surface area contributed by atoms with Gasteiger partial charge in [-0.05, 0) is 55.7 Å². The second-order valence-electron chi connectivity index (χ2n) is 11.3. The number of hydrogen-bond donors (Lipinski definition) is 2. The molecule has 206 valence electrons. The summed E-state index contributed by atoms with van der Waals surface area (Å²) in [4.78, 5) is 24.3. The number of nitrogens with zero attached hydrogens (tertiary/aromatic N) is 1. The largest absolute Gasteiger partial charge is 0.491 e. The van der Waals surface area contributed by atoms with Crippen molar-refractivity contribution in [2.24, 2.45) is 0 Å². The van der Waals surface area contributed by atoms with Crippen LogP contribution in [0.3, 0.4) is 0 Å². The minimum absolute atomic E-state index is 0.0998. The standard InChI is InChI=1S/C32H43NO5/c1-6-7-8-9-10-11-12-23-13-16-26(17-14-23)38-21-25(35)20-33-28-18-15-24(31(36)37)19-27(28)29(22(2)34)30(33)32(3,4)5/h13-19,25,35H,6-12,20-21H2,1-5H3,(H,36,37). The summed E-state index contributed by atoms with van der Waals surface area (Å²) in [5, 5.41) is 21.0. The number of ether oxygens (including phenoxy) is 1. The number of Topliss-reactive ketones (excluding diaryl/α,β-unsaturated/α-hetero) is 1. The van der Waals surface area contributed by atoms with E-state index < -0.39 is 17.5 Å². The maximum Gasteiger partial charge on any atom is 0.335 e. The lowest BCUT2D eigenvalue weighted by molar-refractivity contribution is 0.0696. The molecule has 1 unspecified atom stereocenters. The maximum atomic E-state index is 12.7. The number of carbonyl (C=O) groups is 2. The van der Waals surface area contributed by atoms with Crippen molar-refractivity contribution < 1.29 is 24.5 Å². The first kappa shape index (κ1) is 29.4. The SMILES string of the molecule is CCCCCCCCc1ccc(OCC(O)Cn2c(C(C)(C)C)c(C(C)=O)c3cc(C(=O)O)ccc32)cc1. The van der Waals surface area contributed by atoms with Crippen molar-refractivity contribution in [3.8, 4) is 5.75 Å². The molecule has 38 heavy (non-hydrogen) atoms. The number of aliphatic hydroxyl groups is 1. The van der Waals surface area contributed by atoms with Gasteiger partial charge in [0, 0.05) is 27.6 Å². The van der Waals surface area contributed by atoms with Gasteiger partial charge in [0.25, 0.3) is 0 Å². The van der Waals surface area contributed by atoms with Gasteiger partial charge in [-0.15, -0.1) is 0 Å². The van der Waals surface area contributed by atoms with E-state index in [1.807, 2.05) is 37.5 Å². The first-order chi connectivity index (χ1) is 18.0. The number of aryl methyl sites for hydroxylation is 1. The highest BCUT2D eigenvalue weighted by Gasteiger charge is 2.30. The number of aromatic carboxylic acids is 1. The number of aliphatic hydroxyl groups excluding tert-OH is 1. The molecule has 2 aromatic carbocycles. The Labute approximate surface area is 226 Å². The van der Waals surface area contributed by atoms with Crippen LogP contribution in [-0.2, 0) is 18.4 Å². The third-order valence-electron chi connectivity index (χ3n) is 6.95. The van der Waals surface area contributed by atoms with Gasteiger partial charge in [-0.3, -0.25) is 4.79 Å². The molecule has 3 rings (SSSR count). The van der Waals surface area contributed by atoms with E-state index >= 15 is 0 Å². The van der Waals surface area contributed by atoms with Crippen LogP contribution in [0.5, 0.6) is 5.75 Å². The van der Waals surface area contributed by atoms with Gasteiger partial charge in [-0.2, -0.15) is 0 Å². The summed E-state index contributed by atoms with van der Waals surface area (Å²) in [6, 6.07) is 12.9. The first-order valence-electron chi connectivity index (χ1n) is 13.8. The normalized spacial score (nSPS) is 12.6. The van der Waals surface area contributed by atoms with E-state index in [-0.39, 0.29) is 24.5 Å². The Bertz CT molecular complexity index is 1230. The molecule has 3 aromatic rings. The van der Waals surface area contributed by atoms with Gasteiger partial charge >= 0.3 is 5.97 Å². The highest BCUT2D eigenvalue weighted by Crippen LogP contribution is 2.36. The van der Waals surface area contributed by atoms with Crippen LogP contribution in [0.4, 0.5) is 0 Å². The Kier molecular flexibility index (Phi) is 10.1. The number of unbranched alkanes of at least 4 members (excludes halogenated alkanes) is 5. The predicted octanol–water partition coefficient (Wildman–Crippen LogP) is 7.18. The van der Waals surface area contributed by atoms with Crippen molar-refractivity contribution >= 4 is 22.7 Å². The Morgan fingerprint density at radius 3 is 2.24 bits per heavy atom. The second-order valence-corrected chi connectivity index (χ2v) is 11.3. The summed E-state index contributed by atoms with van der Waals surface area (Å²) < 4.78 is 7.84. The highest BCUT2D eigenvalue weighted by molar-refractivity contribution is 6.10. The molecule has 0 bridgehead atoms. The van der Waals surface area contributed by atoms with Gasteiger partial charge in [-0.1, -0.05) is 71.9 Å². The molecule has 2 N–H and O–H groups in total. The number of hydrogen-bond acceptors (Lipinski definition) is 4. The molecule has 0 aliphatic rings. The Morgan fingerprint density at radius 2 is 1.63 bits per heavy atom. The molecule has 1 aromatic heterocycles. The molecule has 1 atom stereocenters. The lowest BCUT2D eigenvalue weighted by Gasteiger charge is -2.25. The van der Waals surface area contributed by atoms with E-state index in [1.165, 1.54) is 57.1 Å². The van der Waals surface area contributed by atoms with Crippen LogP contribution in [-0.4, -0.2) is 39.2 Å². The molecule has 0 aliphatic carbocycles. The van der Waals surface area contributed by atoms with Gasteiger partial charge in [0.15, 0.2) is 5.78 Å². The van der Waals surface area contributed by atoms with Crippen molar-refractivity contribution in [3.05, 3.63) is 64.8 Å². The van der Waals surface area contributed by atoms with Gasteiger partial charge < -0.3 is 19.5 Å². The lowest BCUT2D eigenvalue weighted by Crippen LogP contribution is -2.28. The average Bonchev–Trinajstić information content (AvgIpc) is 3.19. The van der Waals surface area contributed by atoms with E-state index in [0.717, 1.165) is 17.6 Å². The van der Waals surface area contributed by atoms with Gasteiger partial charge in [0.05, 0.1) is 12.1 Å². The number of fused-ring (bicyclic) bond motifs is 1.